The molecule has 0 saturated heterocycles. The number of carbonyl (C=O) groups excluding carboxylic acids is 1. The summed E-state index contributed by atoms with van der Waals surface area (Å²) in [6.07, 6.45) is 1.45. The molecule has 0 bridgehead atoms. The summed E-state index contributed by atoms with van der Waals surface area (Å²) in [6, 6.07) is 14.1. The molecule has 4 rings (SSSR count). The number of guanidine groups is 1. The summed E-state index contributed by atoms with van der Waals surface area (Å²) in [4.78, 5) is 29.4. The Bertz CT molecular complexity index is 1010. The fourth-order valence-electron chi connectivity index (χ4n) is 3.01. The predicted octanol–water partition coefficient (Wildman–Crippen LogP) is 3.39. The van der Waals surface area contributed by atoms with Gasteiger partial charge in [-0.15, -0.1) is 0 Å². The average molecular weight is 427 g/mol. The topological polar surface area (TPSA) is 90.6 Å². The molecule has 2 aliphatic rings. The van der Waals surface area contributed by atoms with E-state index in [0.717, 1.165) is 11.1 Å². The first-order chi connectivity index (χ1) is 14.0. The van der Waals surface area contributed by atoms with Crippen molar-refractivity contribution in [1.29, 1.82) is 0 Å². The molecule has 2 aromatic rings. The van der Waals surface area contributed by atoms with Crippen LogP contribution in [0.5, 0.6) is 0 Å². The minimum Gasteiger partial charge on any atom is -0.312 e. The lowest BCUT2D eigenvalue weighted by Gasteiger charge is -2.23. The van der Waals surface area contributed by atoms with E-state index in [1.807, 2.05) is 48.5 Å². The number of fused-ring (bicyclic) bond motifs is 1. The molecule has 0 radical (unpaired) electrons. The van der Waals surface area contributed by atoms with Gasteiger partial charge >= 0.3 is 0 Å². The zero-order chi connectivity index (χ0) is 20.4. The van der Waals surface area contributed by atoms with Gasteiger partial charge in [0.2, 0.25) is 11.9 Å². The third-order valence-corrected chi connectivity index (χ3v) is 4.82. The average Bonchev–Trinajstić information content (AvgIpc) is 3.16. The molecule has 146 valence electrons. The molecule has 0 saturated carbocycles. The fraction of sp³-hybridized carbons (Fsp3) is 0.150. The van der Waals surface area contributed by atoms with Gasteiger partial charge in [0, 0.05) is 17.0 Å². The third-order valence-electron chi connectivity index (χ3n) is 4.32. The van der Waals surface area contributed by atoms with E-state index in [9.17, 15) is 4.79 Å². The normalized spacial score (nSPS) is 18.9. The monoisotopic (exact) mass is 426 g/mol. The lowest BCUT2D eigenvalue weighted by molar-refractivity contribution is -0.117. The lowest BCUT2D eigenvalue weighted by Crippen LogP contribution is -2.52. The number of carbonyl (C=O) groups is 1. The smallest absolute Gasteiger partial charge is 0.223 e. The van der Waals surface area contributed by atoms with Crippen LogP contribution < -0.4 is 10.6 Å². The van der Waals surface area contributed by atoms with E-state index in [1.165, 1.54) is 13.3 Å². The van der Waals surface area contributed by atoms with Gasteiger partial charge in [-0.25, -0.2) is 4.99 Å². The molecule has 2 heterocycles. The number of hydrogen-bond donors (Lipinski definition) is 2. The summed E-state index contributed by atoms with van der Waals surface area (Å²) in [6.45, 7) is 1.41. The van der Waals surface area contributed by atoms with Crippen molar-refractivity contribution in [1.82, 2.24) is 10.6 Å². The van der Waals surface area contributed by atoms with Gasteiger partial charge in [0.15, 0.2) is 11.9 Å². The van der Waals surface area contributed by atoms with Gasteiger partial charge in [-0.3, -0.25) is 20.1 Å². The molecule has 29 heavy (non-hydrogen) atoms. The molecule has 9 heteroatoms. The molecule has 0 aliphatic carbocycles. The first-order valence-electron chi connectivity index (χ1n) is 8.81. The highest BCUT2D eigenvalue weighted by atomic mass is 35.5. The molecule has 1 unspecified atom stereocenters. The highest BCUT2D eigenvalue weighted by Crippen LogP contribution is 2.29. The van der Waals surface area contributed by atoms with Crippen molar-refractivity contribution in [3.63, 3.8) is 0 Å². The predicted molar refractivity (Wildman–Crippen MR) is 116 cm³/mol. The number of nitrogens with one attached hydrogen (secondary N) is 2. The zero-order valence-electron chi connectivity index (χ0n) is 15.3. The van der Waals surface area contributed by atoms with Crippen LogP contribution in [0.3, 0.4) is 0 Å². The van der Waals surface area contributed by atoms with Gasteiger partial charge in [-0.2, -0.15) is 4.99 Å². The van der Waals surface area contributed by atoms with E-state index in [-0.39, 0.29) is 17.9 Å². The van der Waals surface area contributed by atoms with Crippen molar-refractivity contribution in [3.8, 4) is 0 Å². The number of nitrogens with zero attached hydrogens (tertiary/aromatic N) is 4. The van der Waals surface area contributed by atoms with Crippen molar-refractivity contribution >= 4 is 53.1 Å². The molecule has 1 atom stereocenters. The maximum atomic E-state index is 11.5. The van der Waals surface area contributed by atoms with Gasteiger partial charge < -0.3 is 5.32 Å². The fourth-order valence-corrected chi connectivity index (χ4v) is 3.26. The van der Waals surface area contributed by atoms with Crippen LogP contribution in [-0.4, -0.2) is 35.9 Å². The van der Waals surface area contributed by atoms with Crippen molar-refractivity contribution in [2.75, 3.05) is 0 Å². The molecule has 0 aromatic heterocycles. The van der Waals surface area contributed by atoms with Crippen LogP contribution in [0, 0.1) is 0 Å². The molecule has 0 fully saturated rings. The van der Waals surface area contributed by atoms with Gasteiger partial charge in [0.25, 0.3) is 0 Å². The quantitative estimate of drug-likeness (QED) is 0.787. The second kappa shape index (κ2) is 8.14. The molecular formula is C20H16Cl2N6O. The molecular weight excluding hydrogens is 411 g/mol. The van der Waals surface area contributed by atoms with Gasteiger partial charge in [0.05, 0.1) is 0 Å². The summed E-state index contributed by atoms with van der Waals surface area (Å²) in [5.74, 6) is 1.02. The SMILES string of the molecule is CC(=O)NC1=NC(=NC(c2ccc(Cl)cc2)c2ccc(Cl)cc2)C2N=CN=C2N1. The molecule has 2 aliphatic heterocycles. The lowest BCUT2D eigenvalue weighted by atomic mass is 9.99. The Hall–Kier alpha value is -3.03. The summed E-state index contributed by atoms with van der Waals surface area (Å²) in [5, 5.41) is 6.89. The Morgan fingerprint density at radius 2 is 1.66 bits per heavy atom. The second-order valence-corrected chi connectivity index (χ2v) is 7.31. The van der Waals surface area contributed by atoms with Crippen LogP contribution in [0.2, 0.25) is 10.0 Å². The van der Waals surface area contributed by atoms with E-state index in [1.54, 1.807) is 0 Å². The zero-order valence-corrected chi connectivity index (χ0v) is 16.8. The number of hydrogen-bond acceptors (Lipinski definition) is 5. The van der Waals surface area contributed by atoms with Crippen LogP contribution in [0.25, 0.3) is 0 Å². The van der Waals surface area contributed by atoms with Crippen molar-refractivity contribution in [3.05, 3.63) is 69.7 Å². The second-order valence-electron chi connectivity index (χ2n) is 6.44. The van der Waals surface area contributed by atoms with Crippen molar-refractivity contribution in [2.24, 2.45) is 20.0 Å². The van der Waals surface area contributed by atoms with E-state index < -0.39 is 6.04 Å². The van der Waals surface area contributed by atoms with Crippen LogP contribution in [-0.2, 0) is 4.79 Å². The molecule has 0 spiro atoms. The van der Waals surface area contributed by atoms with Crippen LogP contribution in [0.15, 0.2) is 68.5 Å². The first-order valence-corrected chi connectivity index (χ1v) is 9.56. The van der Waals surface area contributed by atoms with Crippen LogP contribution in [0.1, 0.15) is 24.1 Å². The number of halogens is 2. The Kier molecular flexibility index (Phi) is 5.42. The summed E-state index contributed by atoms with van der Waals surface area (Å²) >= 11 is 12.1. The van der Waals surface area contributed by atoms with Crippen LogP contribution in [0.4, 0.5) is 0 Å². The minimum atomic E-state index is -0.449. The summed E-state index contributed by atoms with van der Waals surface area (Å²) < 4.78 is 0. The van der Waals surface area contributed by atoms with E-state index >= 15 is 0 Å². The summed E-state index contributed by atoms with van der Waals surface area (Å²) in [7, 11) is 0. The molecule has 2 N–H and O–H groups in total. The number of rotatable bonds is 3. The van der Waals surface area contributed by atoms with Gasteiger partial charge in [-0.05, 0) is 35.4 Å². The number of benzene rings is 2. The number of amidine groups is 2. The van der Waals surface area contributed by atoms with E-state index in [4.69, 9.17) is 28.2 Å². The van der Waals surface area contributed by atoms with Crippen molar-refractivity contribution < 1.29 is 4.79 Å². The Morgan fingerprint density at radius 3 is 2.21 bits per heavy atom. The molecule has 7 nitrogen and oxygen atoms in total. The Balaban J connectivity index is 1.80. The van der Waals surface area contributed by atoms with Crippen molar-refractivity contribution in [2.45, 2.75) is 19.0 Å². The Labute approximate surface area is 177 Å². The maximum Gasteiger partial charge on any atom is 0.223 e. The third kappa shape index (κ3) is 4.36. The molecule has 2 aromatic carbocycles. The van der Waals surface area contributed by atoms with E-state index in [2.05, 4.69) is 25.6 Å². The standard InChI is InChI=1S/C20H16Cl2N6O/c1-11(29)25-20-27-18-17(23-10-24-18)19(28-20)26-16(12-2-6-14(21)7-3-12)13-4-8-15(22)9-5-13/h2-10,16-17H,1H3,(H2,23,24,25,26,27,28,29). The highest BCUT2D eigenvalue weighted by Gasteiger charge is 2.31. The largest absolute Gasteiger partial charge is 0.312 e. The highest BCUT2D eigenvalue weighted by molar-refractivity contribution is 6.31. The summed E-state index contributed by atoms with van der Waals surface area (Å²) in [5.41, 5.74) is 1.86. The number of aliphatic imine (C=N–C) groups is 4. The number of amides is 1. The van der Waals surface area contributed by atoms with Crippen LogP contribution >= 0.6 is 23.2 Å². The first kappa shape index (κ1) is 19.3. The minimum absolute atomic E-state index is 0.250. The maximum absolute atomic E-state index is 11.5. The van der Waals surface area contributed by atoms with Gasteiger partial charge in [-0.1, -0.05) is 47.5 Å². The molecule has 1 amide bonds. The van der Waals surface area contributed by atoms with Gasteiger partial charge in [0.1, 0.15) is 18.2 Å². The Morgan fingerprint density at radius 1 is 1.07 bits per heavy atom. The van der Waals surface area contributed by atoms with E-state index in [0.29, 0.717) is 21.7 Å².